The van der Waals surface area contributed by atoms with Gasteiger partial charge >= 0.3 is 60.1 Å². The van der Waals surface area contributed by atoms with Crippen molar-refractivity contribution in [3.63, 3.8) is 0 Å². The molecule has 0 atom stereocenters. The Hall–Kier alpha value is 0.217. The van der Waals surface area contributed by atoms with E-state index in [2.05, 4.69) is 4.74 Å². The molecule has 11 heavy (non-hydrogen) atoms. The molecule has 0 aromatic heterocycles. The van der Waals surface area contributed by atoms with Gasteiger partial charge in [0.2, 0.25) is 0 Å². The minimum atomic E-state index is -3.13. The summed E-state index contributed by atoms with van der Waals surface area (Å²) >= 11 is 1.41. The summed E-state index contributed by atoms with van der Waals surface area (Å²) in [5.41, 5.74) is 0. The van der Waals surface area contributed by atoms with E-state index < -0.39 is 8.25 Å². The van der Waals surface area contributed by atoms with Crippen molar-refractivity contribution in [1.29, 1.82) is 0 Å². The Labute approximate surface area is 74.9 Å². The summed E-state index contributed by atoms with van der Waals surface area (Å²) in [6, 6.07) is 0. The van der Waals surface area contributed by atoms with Gasteiger partial charge in [-0.1, -0.05) is 0 Å². The average Bonchev–Trinajstić information content (AvgIpc) is 1.82. The van der Waals surface area contributed by atoms with Crippen molar-refractivity contribution in [3.05, 3.63) is 0 Å². The molecule has 0 unspecified atom stereocenters. The molecule has 0 aliphatic heterocycles. The van der Waals surface area contributed by atoms with Gasteiger partial charge in [0.1, 0.15) is 0 Å². The SMILES string of the molecule is O=[PH](O)O.[Li][C](=O)OCCC. The van der Waals surface area contributed by atoms with Crippen molar-refractivity contribution in [2.75, 3.05) is 6.61 Å². The van der Waals surface area contributed by atoms with Gasteiger partial charge in [0.05, 0.1) is 0 Å². The maximum atomic E-state index is 9.98. The molecule has 0 amide bonds. The van der Waals surface area contributed by atoms with Gasteiger partial charge in [0, 0.05) is 0 Å². The third-order valence-corrected chi connectivity index (χ3v) is 0.509. The first-order valence-corrected chi connectivity index (χ1v) is 4.36. The Morgan fingerprint density at radius 3 is 2.09 bits per heavy atom. The third kappa shape index (κ3) is 38.8. The molecule has 0 heterocycles. The number of hydrogen-bond acceptors (Lipinski definition) is 3. The average molecular weight is 176 g/mol. The molecular weight excluding hydrogens is 166 g/mol. The first-order chi connectivity index (χ1) is 5.00. The van der Waals surface area contributed by atoms with Crippen LogP contribution in [0.4, 0.5) is 4.79 Å². The Balaban J connectivity index is 0. The maximum absolute atomic E-state index is 9.98. The molecule has 0 spiro atoms. The van der Waals surface area contributed by atoms with Crippen LogP contribution in [0.15, 0.2) is 0 Å². The molecule has 2 N–H and O–H groups in total. The molecule has 7 heteroatoms. The fraction of sp³-hybridized carbons (Fsp3) is 0.750. The molecule has 0 radical (unpaired) electrons. The molecule has 0 rings (SSSR count). The van der Waals surface area contributed by atoms with Crippen molar-refractivity contribution in [2.24, 2.45) is 0 Å². The Bertz CT molecular complexity index is 124. The summed E-state index contributed by atoms with van der Waals surface area (Å²) in [5.74, 6) is 0. The van der Waals surface area contributed by atoms with E-state index >= 15 is 0 Å². The van der Waals surface area contributed by atoms with Crippen LogP contribution in [0.2, 0.25) is 0 Å². The first-order valence-electron chi connectivity index (χ1n) is 3.06. The van der Waals surface area contributed by atoms with Gasteiger partial charge in [-0.2, -0.15) is 0 Å². The fourth-order valence-corrected chi connectivity index (χ4v) is 0.246. The molecule has 0 bridgehead atoms. The van der Waals surface area contributed by atoms with Crippen LogP contribution in [0, 0.1) is 0 Å². The minimum absolute atomic E-state index is 0.193. The summed E-state index contributed by atoms with van der Waals surface area (Å²) in [4.78, 5) is 24.3. The first kappa shape index (κ1) is 13.8. The molecule has 0 aromatic rings. The third-order valence-electron chi connectivity index (χ3n) is 0.509. The zero-order chi connectivity index (χ0) is 9.28. The van der Waals surface area contributed by atoms with E-state index in [1.807, 2.05) is 6.92 Å². The summed E-state index contributed by atoms with van der Waals surface area (Å²) in [7, 11) is -3.13. The van der Waals surface area contributed by atoms with Gasteiger partial charge < -0.3 is 9.79 Å². The molecule has 0 saturated heterocycles. The number of ether oxygens (including phenoxy) is 1. The second-order valence-electron chi connectivity index (χ2n) is 1.62. The van der Waals surface area contributed by atoms with Crippen molar-refractivity contribution < 1.29 is 23.9 Å². The van der Waals surface area contributed by atoms with E-state index in [1.165, 1.54) is 17.7 Å². The van der Waals surface area contributed by atoms with Crippen LogP contribution < -0.4 is 0 Å². The van der Waals surface area contributed by atoms with Crippen molar-refractivity contribution in [1.82, 2.24) is 0 Å². The Kier molecular flexibility index (Phi) is 12.8. The van der Waals surface area contributed by atoms with Crippen LogP contribution in [-0.4, -0.2) is 38.8 Å². The molecule has 0 fully saturated rings. The standard InChI is InChI=1S/C4H7O2.Li.H3O3P/c1-2-3-6-4-5;;1-4(2)3/h2-3H2,1H3;;4H,(H2,1,2,3). The summed E-state index contributed by atoms with van der Waals surface area (Å²) in [5, 5.41) is 0. The Morgan fingerprint density at radius 2 is 2.00 bits per heavy atom. The van der Waals surface area contributed by atoms with E-state index in [-0.39, 0.29) is 4.64 Å². The topological polar surface area (TPSA) is 83.8 Å². The summed E-state index contributed by atoms with van der Waals surface area (Å²) in [6.45, 7) is 2.51. The van der Waals surface area contributed by atoms with E-state index in [0.717, 1.165) is 6.42 Å². The number of carbonyl (C=O) groups excluding carboxylic acids is 1. The molecule has 0 aliphatic carbocycles. The second kappa shape index (κ2) is 10.2. The van der Waals surface area contributed by atoms with E-state index in [1.54, 1.807) is 0 Å². The molecular formula is C4H10LiO5P. The fourth-order valence-electron chi connectivity index (χ4n) is 0.246. The predicted molar refractivity (Wildman–Crippen MR) is 40.8 cm³/mol. The predicted octanol–water partition coefficient (Wildman–Crippen LogP) is 0.0622. The van der Waals surface area contributed by atoms with Crippen LogP contribution >= 0.6 is 8.25 Å². The monoisotopic (exact) mass is 176 g/mol. The van der Waals surface area contributed by atoms with Gasteiger partial charge in [0.25, 0.3) is 0 Å². The molecule has 62 valence electrons. The van der Waals surface area contributed by atoms with Crippen LogP contribution in [0.3, 0.4) is 0 Å². The van der Waals surface area contributed by atoms with Crippen LogP contribution in [0.25, 0.3) is 0 Å². The van der Waals surface area contributed by atoms with E-state index in [0.29, 0.717) is 6.61 Å². The normalized spacial score (nSPS) is 8.55. The van der Waals surface area contributed by atoms with Gasteiger partial charge in [-0.15, -0.1) is 0 Å². The molecule has 0 aromatic carbocycles. The van der Waals surface area contributed by atoms with Crippen molar-refractivity contribution >= 4 is 30.6 Å². The number of carbonyl (C=O) groups is 1. The second-order valence-corrected chi connectivity index (χ2v) is 2.19. The van der Waals surface area contributed by atoms with E-state index in [4.69, 9.17) is 14.4 Å². The zero-order valence-electron chi connectivity index (χ0n) is 6.53. The van der Waals surface area contributed by atoms with E-state index in [9.17, 15) is 4.79 Å². The summed E-state index contributed by atoms with van der Waals surface area (Å²) in [6.07, 6.45) is 0.902. The zero-order valence-corrected chi connectivity index (χ0v) is 7.53. The summed E-state index contributed by atoms with van der Waals surface area (Å²) < 4.78 is 13.1. The van der Waals surface area contributed by atoms with Gasteiger partial charge in [0.15, 0.2) is 0 Å². The number of rotatable bonds is 2. The number of hydrogen-bond donors (Lipinski definition) is 2. The van der Waals surface area contributed by atoms with Gasteiger partial charge in [-0.25, -0.2) is 0 Å². The molecule has 5 nitrogen and oxygen atoms in total. The van der Waals surface area contributed by atoms with Crippen molar-refractivity contribution in [3.8, 4) is 0 Å². The van der Waals surface area contributed by atoms with Crippen LogP contribution in [0.5, 0.6) is 0 Å². The van der Waals surface area contributed by atoms with Gasteiger partial charge in [-0.05, 0) is 0 Å². The van der Waals surface area contributed by atoms with Gasteiger partial charge in [-0.3, -0.25) is 4.57 Å². The van der Waals surface area contributed by atoms with Crippen LogP contribution in [-0.2, 0) is 9.30 Å². The van der Waals surface area contributed by atoms with Crippen LogP contribution in [0.1, 0.15) is 13.3 Å². The molecule has 0 saturated carbocycles. The quantitative estimate of drug-likeness (QED) is 0.459. The van der Waals surface area contributed by atoms with Crippen molar-refractivity contribution in [2.45, 2.75) is 13.3 Å². The molecule has 0 aliphatic rings. The Morgan fingerprint density at radius 1 is 1.64 bits per heavy atom.